The van der Waals surface area contributed by atoms with Crippen molar-refractivity contribution in [1.82, 2.24) is 34.4 Å². The quantitative estimate of drug-likeness (QED) is 0.335. The van der Waals surface area contributed by atoms with E-state index in [0.29, 0.717) is 28.7 Å². The third kappa shape index (κ3) is 4.97. The molecule has 1 N–H and O–H groups in total. The lowest BCUT2D eigenvalue weighted by atomic mass is 9.85. The highest BCUT2D eigenvalue weighted by Gasteiger charge is 2.25. The summed E-state index contributed by atoms with van der Waals surface area (Å²) < 4.78 is 5.33. The molecule has 0 unspecified atom stereocenters. The molecule has 0 bridgehead atoms. The molecule has 0 saturated heterocycles. The van der Waals surface area contributed by atoms with Crippen molar-refractivity contribution < 1.29 is 4.79 Å². The predicted octanol–water partition coefficient (Wildman–Crippen LogP) is 4.72. The Morgan fingerprint density at radius 2 is 1.79 bits per heavy atom. The summed E-state index contributed by atoms with van der Waals surface area (Å²) in [5.41, 5.74) is 4.49. The Labute approximate surface area is 230 Å². The third-order valence-electron chi connectivity index (χ3n) is 7.53. The number of pyridine rings is 1. The number of carbonyl (C=O) groups is 1. The smallest absolute Gasteiger partial charge is 0.333 e. The van der Waals surface area contributed by atoms with Crippen LogP contribution in [0.15, 0.2) is 78.0 Å². The highest BCUT2D eigenvalue weighted by molar-refractivity contribution is 6.30. The second-order valence-corrected chi connectivity index (χ2v) is 10.5. The molecule has 39 heavy (non-hydrogen) atoms. The molecule has 5 aromatic rings. The Balaban J connectivity index is 1.20. The molecule has 0 atom stereocenters. The molecule has 1 saturated carbocycles. The number of nitrogens with one attached hydrogen (secondary N) is 1. The molecule has 1 aliphatic rings. The van der Waals surface area contributed by atoms with Gasteiger partial charge in [-0.15, -0.1) is 5.10 Å². The van der Waals surface area contributed by atoms with Crippen molar-refractivity contribution in [2.24, 2.45) is 5.92 Å². The van der Waals surface area contributed by atoms with Crippen LogP contribution in [0.5, 0.6) is 0 Å². The van der Waals surface area contributed by atoms with Gasteiger partial charge < -0.3 is 5.32 Å². The molecular formula is C29H28ClN7O2. The molecule has 3 aromatic heterocycles. The molecule has 6 rings (SSSR count). The van der Waals surface area contributed by atoms with Crippen molar-refractivity contribution in [3.63, 3.8) is 0 Å². The van der Waals surface area contributed by atoms with Crippen LogP contribution in [0.1, 0.15) is 41.7 Å². The summed E-state index contributed by atoms with van der Waals surface area (Å²) in [5, 5.41) is 11.6. The van der Waals surface area contributed by atoms with E-state index in [-0.39, 0.29) is 17.6 Å². The van der Waals surface area contributed by atoms with Crippen LogP contribution in [0, 0.1) is 12.8 Å². The monoisotopic (exact) mass is 541 g/mol. The van der Waals surface area contributed by atoms with Crippen LogP contribution < -0.4 is 11.0 Å². The first kappa shape index (κ1) is 25.1. The van der Waals surface area contributed by atoms with Gasteiger partial charge in [-0.1, -0.05) is 35.0 Å². The first-order chi connectivity index (χ1) is 19.0. The number of hydrogen-bond acceptors (Lipinski definition) is 5. The average molecular weight is 542 g/mol. The zero-order valence-electron chi connectivity index (χ0n) is 21.5. The van der Waals surface area contributed by atoms with Gasteiger partial charge in [0.25, 0.3) is 5.91 Å². The molecular weight excluding hydrogens is 514 g/mol. The van der Waals surface area contributed by atoms with Gasteiger partial charge in [-0.2, -0.15) is 0 Å². The van der Waals surface area contributed by atoms with Crippen molar-refractivity contribution >= 4 is 28.5 Å². The Morgan fingerprint density at radius 3 is 2.56 bits per heavy atom. The maximum Gasteiger partial charge on any atom is 0.333 e. The van der Waals surface area contributed by atoms with E-state index < -0.39 is 0 Å². The van der Waals surface area contributed by atoms with Gasteiger partial charge in [-0.05, 0) is 74.9 Å². The number of aromatic nitrogens is 6. The van der Waals surface area contributed by atoms with E-state index in [1.165, 1.54) is 0 Å². The molecule has 1 aliphatic carbocycles. The maximum atomic E-state index is 13.8. The van der Waals surface area contributed by atoms with Gasteiger partial charge in [0.15, 0.2) is 0 Å². The molecule has 10 heteroatoms. The van der Waals surface area contributed by atoms with E-state index in [9.17, 15) is 9.59 Å². The van der Waals surface area contributed by atoms with E-state index in [4.69, 9.17) is 11.6 Å². The van der Waals surface area contributed by atoms with Crippen molar-refractivity contribution in [2.75, 3.05) is 0 Å². The van der Waals surface area contributed by atoms with Crippen LogP contribution in [-0.4, -0.2) is 41.1 Å². The number of rotatable bonds is 6. The number of hydrogen-bond donors (Lipinski definition) is 1. The third-order valence-corrected chi connectivity index (χ3v) is 7.74. The highest BCUT2D eigenvalue weighted by Crippen LogP contribution is 2.28. The molecule has 3 heterocycles. The van der Waals surface area contributed by atoms with Crippen LogP contribution in [-0.2, 0) is 6.54 Å². The van der Waals surface area contributed by atoms with Gasteiger partial charge in [0.1, 0.15) is 0 Å². The zero-order valence-corrected chi connectivity index (χ0v) is 22.3. The van der Waals surface area contributed by atoms with Crippen LogP contribution in [0.2, 0.25) is 5.02 Å². The van der Waals surface area contributed by atoms with Gasteiger partial charge in [0.2, 0.25) is 0 Å². The summed E-state index contributed by atoms with van der Waals surface area (Å²) in [6.07, 6.45) is 8.51. The van der Waals surface area contributed by atoms with Gasteiger partial charge >= 0.3 is 5.69 Å². The first-order valence-corrected chi connectivity index (χ1v) is 13.5. The van der Waals surface area contributed by atoms with Crippen molar-refractivity contribution in [1.29, 1.82) is 0 Å². The largest absolute Gasteiger partial charge is 0.349 e. The van der Waals surface area contributed by atoms with Gasteiger partial charge in [0.05, 0.1) is 51.1 Å². The number of imidazole rings is 1. The lowest BCUT2D eigenvalue weighted by molar-refractivity contribution is 0.0919. The van der Waals surface area contributed by atoms with Gasteiger partial charge in [-0.25, -0.2) is 9.48 Å². The maximum absolute atomic E-state index is 13.8. The first-order valence-electron chi connectivity index (χ1n) is 13.1. The number of amides is 1. The standard InChI is InChI=1S/C29H28ClN7O2/c1-19-25(15-21(30)17-31-19)28(38)33-22-11-9-20(10-12-22)18-35-26-7-2-3-8-27(26)37(29(35)39)24-6-4-5-23(16-24)36-14-13-32-34-36/h2-8,13-17,20,22H,9-12,18H2,1H3,(H,33,38). The molecule has 0 aliphatic heterocycles. The minimum atomic E-state index is -0.140. The molecule has 2 aromatic carbocycles. The van der Waals surface area contributed by atoms with Crippen molar-refractivity contribution in [3.05, 3.63) is 100.0 Å². The van der Waals surface area contributed by atoms with Crippen LogP contribution in [0.4, 0.5) is 0 Å². The topological polar surface area (TPSA) is 99.6 Å². The number of fused-ring (bicyclic) bond motifs is 1. The lowest BCUT2D eigenvalue weighted by Gasteiger charge is -2.29. The van der Waals surface area contributed by atoms with E-state index >= 15 is 0 Å². The Kier molecular flexibility index (Phi) is 6.74. The van der Waals surface area contributed by atoms with Crippen LogP contribution in [0.25, 0.3) is 22.4 Å². The molecule has 1 amide bonds. The number of nitrogens with zero attached hydrogens (tertiary/aromatic N) is 6. The average Bonchev–Trinajstić information content (AvgIpc) is 3.58. The summed E-state index contributed by atoms with van der Waals surface area (Å²) in [6.45, 7) is 2.44. The minimum Gasteiger partial charge on any atom is -0.349 e. The van der Waals surface area contributed by atoms with E-state index in [2.05, 4.69) is 20.6 Å². The Hall–Kier alpha value is -4.24. The molecule has 9 nitrogen and oxygen atoms in total. The van der Waals surface area contributed by atoms with Crippen LogP contribution >= 0.6 is 11.6 Å². The van der Waals surface area contributed by atoms with E-state index in [1.807, 2.05) is 53.1 Å². The fourth-order valence-electron chi connectivity index (χ4n) is 5.50. The SMILES string of the molecule is Cc1ncc(Cl)cc1C(=O)NC1CCC(Cn2c(=O)n(-c3cccc(-n4ccnn4)c3)c3ccccc32)CC1. The van der Waals surface area contributed by atoms with Gasteiger partial charge in [0, 0.05) is 18.8 Å². The summed E-state index contributed by atoms with van der Waals surface area (Å²) in [6, 6.07) is 17.4. The fourth-order valence-corrected chi connectivity index (χ4v) is 5.66. The van der Waals surface area contributed by atoms with E-state index in [0.717, 1.165) is 48.1 Å². The fraction of sp³-hybridized carbons (Fsp3) is 0.276. The minimum absolute atomic E-state index is 0.0636. The molecule has 0 radical (unpaired) electrons. The number of benzene rings is 2. The number of halogens is 1. The number of carbonyl (C=O) groups excluding carboxylic acids is 1. The zero-order chi connectivity index (χ0) is 26.9. The van der Waals surface area contributed by atoms with Crippen molar-refractivity contribution in [3.8, 4) is 11.4 Å². The Morgan fingerprint density at radius 1 is 1.03 bits per heavy atom. The highest BCUT2D eigenvalue weighted by atomic mass is 35.5. The Bertz CT molecular complexity index is 1700. The second kappa shape index (κ2) is 10.5. The second-order valence-electron chi connectivity index (χ2n) is 10.1. The summed E-state index contributed by atoms with van der Waals surface area (Å²) in [7, 11) is 0. The van der Waals surface area contributed by atoms with Gasteiger partial charge in [-0.3, -0.25) is 18.9 Å². The molecule has 198 valence electrons. The van der Waals surface area contributed by atoms with E-state index in [1.54, 1.807) is 40.8 Å². The summed E-state index contributed by atoms with van der Waals surface area (Å²) in [5.74, 6) is 0.199. The molecule has 0 spiro atoms. The lowest BCUT2D eigenvalue weighted by Crippen LogP contribution is -2.39. The van der Waals surface area contributed by atoms with Crippen LogP contribution in [0.3, 0.4) is 0 Å². The predicted molar refractivity (Wildman–Crippen MR) is 150 cm³/mol. The normalized spacial score (nSPS) is 17.4. The van der Waals surface area contributed by atoms with Crippen molar-refractivity contribution in [2.45, 2.75) is 45.2 Å². The molecule has 1 fully saturated rings. The summed E-state index contributed by atoms with van der Waals surface area (Å²) in [4.78, 5) is 30.8. The summed E-state index contributed by atoms with van der Waals surface area (Å²) >= 11 is 6.05. The number of aryl methyl sites for hydroxylation is 1. The number of para-hydroxylation sites is 2.